The van der Waals surface area contributed by atoms with Crippen LogP contribution in [0, 0.1) is 0 Å². The lowest BCUT2D eigenvalue weighted by molar-refractivity contribution is -0.131. The van der Waals surface area contributed by atoms with Crippen LogP contribution in [0.2, 0.25) is 0 Å². The predicted octanol–water partition coefficient (Wildman–Crippen LogP) is 1.66. The van der Waals surface area contributed by atoms with Crippen LogP contribution in [0.3, 0.4) is 0 Å². The molecule has 1 N–H and O–H groups in total. The Bertz CT molecular complexity index is 713. The molecule has 8 heteroatoms. The third-order valence-corrected chi connectivity index (χ3v) is 6.90. The summed E-state index contributed by atoms with van der Waals surface area (Å²) in [5, 5.41) is 3.21. The lowest BCUT2D eigenvalue weighted by Gasteiger charge is -2.29. The van der Waals surface area contributed by atoms with E-state index in [0.29, 0.717) is 38.6 Å². The molecule has 1 aliphatic rings. The van der Waals surface area contributed by atoms with Gasteiger partial charge in [0.05, 0.1) is 4.90 Å². The van der Waals surface area contributed by atoms with E-state index in [2.05, 4.69) is 19.2 Å². The zero-order valence-corrected chi connectivity index (χ0v) is 18.0. The Hall–Kier alpha value is -1.48. The largest absolute Gasteiger partial charge is 0.385 e. The van der Waals surface area contributed by atoms with Crippen molar-refractivity contribution in [2.24, 2.45) is 0 Å². The smallest absolute Gasteiger partial charge is 0.243 e. The first kappa shape index (κ1) is 22.8. The van der Waals surface area contributed by atoms with Crippen LogP contribution in [0.25, 0.3) is 0 Å². The van der Waals surface area contributed by atoms with Crippen LogP contribution >= 0.6 is 0 Å². The van der Waals surface area contributed by atoms with Crippen LogP contribution in [0.4, 0.5) is 0 Å². The van der Waals surface area contributed by atoms with Crippen molar-refractivity contribution in [1.82, 2.24) is 14.5 Å². The molecule has 158 valence electrons. The minimum absolute atomic E-state index is 0.00333. The number of hydrogen-bond acceptors (Lipinski definition) is 5. The van der Waals surface area contributed by atoms with Gasteiger partial charge in [0.2, 0.25) is 15.9 Å². The van der Waals surface area contributed by atoms with E-state index in [-0.39, 0.29) is 23.8 Å². The fraction of sp³-hybridized carbons (Fsp3) is 0.650. The first-order valence-electron chi connectivity index (χ1n) is 9.94. The second-order valence-electron chi connectivity index (χ2n) is 7.35. The van der Waals surface area contributed by atoms with Crippen LogP contribution in [0.1, 0.15) is 38.2 Å². The fourth-order valence-electron chi connectivity index (χ4n) is 3.20. The normalized spacial score (nSPS) is 15.4. The van der Waals surface area contributed by atoms with Gasteiger partial charge in [-0.25, -0.2) is 8.42 Å². The van der Waals surface area contributed by atoms with E-state index in [1.54, 1.807) is 24.1 Å². The number of hydrogen-bond donors (Lipinski definition) is 1. The molecule has 2 rings (SSSR count). The summed E-state index contributed by atoms with van der Waals surface area (Å²) < 4.78 is 32.8. The zero-order chi connectivity index (χ0) is 20.6. The van der Waals surface area contributed by atoms with E-state index in [9.17, 15) is 13.2 Å². The highest BCUT2D eigenvalue weighted by molar-refractivity contribution is 7.89. The highest BCUT2D eigenvalue weighted by atomic mass is 32.2. The molecule has 1 saturated heterocycles. The molecule has 1 amide bonds. The third-order valence-electron chi connectivity index (χ3n) is 4.99. The SMILES string of the molecule is COCCCN(CCC(=O)N1CCNCC1)S(=O)(=O)c1ccc(C(C)C)cc1. The average molecular weight is 412 g/mol. The quantitative estimate of drug-likeness (QED) is 0.593. The molecule has 0 saturated carbocycles. The van der Waals surface area contributed by atoms with Crippen molar-refractivity contribution in [3.63, 3.8) is 0 Å². The summed E-state index contributed by atoms with van der Waals surface area (Å²) in [6.07, 6.45) is 0.776. The standard InChI is InChI=1S/C20H33N3O4S/c1-17(2)18-5-7-19(8-6-18)28(25,26)23(12-4-16-27-3)13-9-20(24)22-14-10-21-11-15-22/h5-8,17,21H,4,9-16H2,1-3H3. The van der Waals surface area contributed by atoms with E-state index in [0.717, 1.165) is 18.7 Å². The van der Waals surface area contributed by atoms with Crippen LogP contribution < -0.4 is 5.32 Å². The molecule has 0 spiro atoms. The number of nitrogens with one attached hydrogen (secondary N) is 1. The minimum Gasteiger partial charge on any atom is -0.385 e. The van der Waals surface area contributed by atoms with Crippen molar-refractivity contribution in [2.75, 3.05) is 53.0 Å². The van der Waals surface area contributed by atoms with E-state index in [4.69, 9.17) is 4.74 Å². The van der Waals surface area contributed by atoms with Gasteiger partial charge in [-0.05, 0) is 30.0 Å². The highest BCUT2D eigenvalue weighted by Gasteiger charge is 2.26. The number of methoxy groups -OCH3 is 1. The van der Waals surface area contributed by atoms with Crippen LogP contribution in [0.15, 0.2) is 29.2 Å². The Morgan fingerprint density at radius 2 is 1.82 bits per heavy atom. The van der Waals surface area contributed by atoms with Gasteiger partial charge >= 0.3 is 0 Å². The first-order chi connectivity index (χ1) is 13.4. The number of benzene rings is 1. The molecule has 1 aliphatic heterocycles. The monoisotopic (exact) mass is 411 g/mol. The van der Waals surface area contributed by atoms with Crippen molar-refractivity contribution >= 4 is 15.9 Å². The minimum atomic E-state index is -3.66. The summed E-state index contributed by atoms with van der Waals surface area (Å²) in [5.41, 5.74) is 1.10. The lowest BCUT2D eigenvalue weighted by atomic mass is 10.0. The van der Waals surface area contributed by atoms with Crippen LogP contribution in [-0.2, 0) is 19.6 Å². The Balaban J connectivity index is 2.09. The van der Waals surface area contributed by atoms with E-state index >= 15 is 0 Å². The number of rotatable bonds is 10. The number of nitrogens with zero attached hydrogens (tertiary/aromatic N) is 2. The zero-order valence-electron chi connectivity index (χ0n) is 17.2. The fourth-order valence-corrected chi connectivity index (χ4v) is 4.68. The van der Waals surface area contributed by atoms with E-state index < -0.39 is 10.0 Å². The molecule has 1 heterocycles. The Morgan fingerprint density at radius 3 is 2.39 bits per heavy atom. The molecule has 0 aromatic heterocycles. The summed E-state index contributed by atoms with van der Waals surface area (Å²) in [4.78, 5) is 14.5. The molecule has 0 radical (unpaired) electrons. The van der Waals surface area contributed by atoms with E-state index in [1.807, 2.05) is 12.1 Å². The Kier molecular flexibility index (Phi) is 8.88. The van der Waals surface area contributed by atoms with Gasteiger partial charge in [0.15, 0.2) is 0 Å². The number of carbonyl (C=O) groups excluding carboxylic acids is 1. The summed E-state index contributed by atoms with van der Waals surface area (Å²) in [5.74, 6) is 0.342. The van der Waals surface area contributed by atoms with E-state index in [1.165, 1.54) is 4.31 Å². The third kappa shape index (κ3) is 6.27. The summed E-state index contributed by atoms with van der Waals surface area (Å²) in [6, 6.07) is 7.03. The summed E-state index contributed by atoms with van der Waals surface area (Å²) in [7, 11) is -2.06. The van der Waals surface area contributed by atoms with Crippen molar-refractivity contribution < 1.29 is 17.9 Å². The van der Waals surface area contributed by atoms with Crippen molar-refractivity contribution in [1.29, 1.82) is 0 Å². The molecule has 0 aliphatic carbocycles. The number of carbonyl (C=O) groups is 1. The van der Waals surface area contributed by atoms with Crippen molar-refractivity contribution in [3.05, 3.63) is 29.8 Å². The summed E-state index contributed by atoms with van der Waals surface area (Å²) >= 11 is 0. The molecular formula is C20H33N3O4S. The molecule has 7 nitrogen and oxygen atoms in total. The lowest BCUT2D eigenvalue weighted by Crippen LogP contribution is -2.47. The van der Waals surface area contributed by atoms with Gasteiger partial charge in [-0.1, -0.05) is 26.0 Å². The molecule has 1 fully saturated rings. The highest BCUT2D eigenvalue weighted by Crippen LogP contribution is 2.21. The van der Waals surface area contributed by atoms with Gasteiger partial charge in [-0.2, -0.15) is 4.31 Å². The first-order valence-corrected chi connectivity index (χ1v) is 11.4. The average Bonchev–Trinajstić information content (AvgIpc) is 2.70. The molecule has 1 aromatic carbocycles. The number of amides is 1. The van der Waals surface area contributed by atoms with Gasteiger partial charge in [-0.3, -0.25) is 4.79 Å². The maximum absolute atomic E-state index is 13.1. The Morgan fingerprint density at radius 1 is 1.18 bits per heavy atom. The van der Waals surface area contributed by atoms with Crippen molar-refractivity contribution in [2.45, 2.75) is 37.5 Å². The Labute approximate surface area is 169 Å². The number of piperazine rings is 1. The second kappa shape index (κ2) is 10.9. The number of sulfonamides is 1. The molecule has 0 bridgehead atoms. The maximum atomic E-state index is 13.1. The van der Waals surface area contributed by atoms with Crippen molar-refractivity contribution in [3.8, 4) is 0 Å². The van der Waals surface area contributed by atoms with Gasteiger partial charge < -0.3 is 15.0 Å². The summed E-state index contributed by atoms with van der Waals surface area (Å²) in [6.45, 7) is 8.04. The topological polar surface area (TPSA) is 79.0 Å². The maximum Gasteiger partial charge on any atom is 0.243 e. The van der Waals surface area contributed by atoms with Gasteiger partial charge in [0.25, 0.3) is 0 Å². The second-order valence-corrected chi connectivity index (χ2v) is 9.29. The predicted molar refractivity (Wildman–Crippen MR) is 110 cm³/mol. The van der Waals surface area contributed by atoms with Gasteiger partial charge in [0, 0.05) is 59.4 Å². The molecular weight excluding hydrogens is 378 g/mol. The molecule has 0 atom stereocenters. The number of ether oxygens (including phenoxy) is 1. The van der Waals surface area contributed by atoms with Gasteiger partial charge in [0.1, 0.15) is 0 Å². The molecule has 0 unspecified atom stereocenters. The van der Waals surface area contributed by atoms with Crippen LogP contribution in [-0.4, -0.2) is 76.5 Å². The molecule has 28 heavy (non-hydrogen) atoms. The van der Waals surface area contributed by atoms with Crippen LogP contribution in [0.5, 0.6) is 0 Å². The van der Waals surface area contributed by atoms with Gasteiger partial charge in [-0.15, -0.1) is 0 Å². The molecule has 1 aromatic rings.